The van der Waals surface area contributed by atoms with Crippen LogP contribution in [0.4, 0.5) is 23.1 Å². The summed E-state index contributed by atoms with van der Waals surface area (Å²) in [7, 11) is 1.80. The van der Waals surface area contributed by atoms with Crippen LogP contribution in [0.5, 0.6) is 0 Å². The molecule has 1 saturated heterocycles. The third-order valence-corrected chi connectivity index (χ3v) is 5.07. The fourth-order valence-corrected chi connectivity index (χ4v) is 3.51. The second kappa shape index (κ2) is 6.52. The van der Waals surface area contributed by atoms with Gasteiger partial charge in [0.1, 0.15) is 5.02 Å². The van der Waals surface area contributed by atoms with E-state index in [0.717, 1.165) is 30.0 Å². The summed E-state index contributed by atoms with van der Waals surface area (Å²) in [6.45, 7) is 1.96. The lowest BCUT2D eigenvalue weighted by Crippen LogP contribution is -2.31. The molecule has 7 heteroatoms. The first-order valence-electron chi connectivity index (χ1n) is 8.56. The maximum atomic E-state index is 11.8. The molecule has 130 valence electrons. The van der Waals surface area contributed by atoms with Gasteiger partial charge in [0.2, 0.25) is 11.9 Å². The van der Waals surface area contributed by atoms with Crippen LogP contribution < -0.4 is 15.1 Å². The Kier molecular flexibility index (Phi) is 4.21. The smallest absolute Gasteiger partial charge is 0.231 e. The Morgan fingerprint density at radius 1 is 1.20 bits per heavy atom. The molecule has 1 N–H and O–H groups in total. The van der Waals surface area contributed by atoms with Crippen LogP contribution in [0, 0.1) is 0 Å². The number of benzene rings is 1. The molecular formula is C18H20ClN5O. The second-order valence-corrected chi connectivity index (χ2v) is 6.92. The maximum absolute atomic E-state index is 11.8. The van der Waals surface area contributed by atoms with Crippen LogP contribution in [-0.4, -0.2) is 36.0 Å². The van der Waals surface area contributed by atoms with Crippen molar-refractivity contribution in [1.29, 1.82) is 0 Å². The number of anilines is 4. The Balaban J connectivity index is 1.58. The van der Waals surface area contributed by atoms with Gasteiger partial charge in [-0.25, -0.2) is 4.98 Å². The number of halogens is 1. The summed E-state index contributed by atoms with van der Waals surface area (Å²) in [6.07, 6.45) is 5.67. The van der Waals surface area contributed by atoms with Gasteiger partial charge < -0.3 is 15.1 Å². The summed E-state index contributed by atoms with van der Waals surface area (Å²) >= 11 is 6.28. The van der Waals surface area contributed by atoms with Crippen molar-refractivity contribution in [2.24, 2.45) is 0 Å². The van der Waals surface area contributed by atoms with Gasteiger partial charge >= 0.3 is 0 Å². The maximum Gasteiger partial charge on any atom is 0.231 e. The highest BCUT2D eigenvalue weighted by atomic mass is 35.5. The minimum absolute atomic E-state index is 0.111. The monoisotopic (exact) mass is 357 g/mol. The van der Waals surface area contributed by atoms with E-state index in [1.165, 1.54) is 19.3 Å². The van der Waals surface area contributed by atoms with Gasteiger partial charge in [-0.3, -0.25) is 4.79 Å². The summed E-state index contributed by atoms with van der Waals surface area (Å²) in [4.78, 5) is 24.7. The zero-order valence-corrected chi connectivity index (χ0v) is 14.9. The molecule has 6 nitrogen and oxygen atoms in total. The van der Waals surface area contributed by atoms with Crippen LogP contribution in [0.15, 0.2) is 24.4 Å². The van der Waals surface area contributed by atoms with E-state index in [2.05, 4.69) is 20.2 Å². The van der Waals surface area contributed by atoms with E-state index in [4.69, 9.17) is 11.6 Å². The molecule has 1 aromatic heterocycles. The van der Waals surface area contributed by atoms with Crippen molar-refractivity contribution in [2.75, 3.05) is 35.3 Å². The normalized spacial score (nSPS) is 17.0. The van der Waals surface area contributed by atoms with E-state index in [1.54, 1.807) is 18.1 Å². The van der Waals surface area contributed by atoms with Crippen LogP contribution in [0.2, 0.25) is 5.02 Å². The second-order valence-electron chi connectivity index (χ2n) is 6.51. The quantitative estimate of drug-likeness (QED) is 0.912. The molecule has 2 aliphatic rings. The van der Waals surface area contributed by atoms with Crippen LogP contribution in [0.1, 0.15) is 24.8 Å². The first-order valence-corrected chi connectivity index (χ1v) is 8.93. The number of nitrogens with zero attached hydrogens (tertiary/aromatic N) is 4. The molecule has 1 amide bonds. The Bertz CT molecular complexity index is 819. The molecule has 0 unspecified atom stereocenters. The van der Waals surface area contributed by atoms with Gasteiger partial charge in [-0.05, 0) is 43.0 Å². The molecule has 0 saturated carbocycles. The summed E-state index contributed by atoms with van der Waals surface area (Å²) in [5.74, 6) is 1.41. The van der Waals surface area contributed by atoms with Crippen LogP contribution in [-0.2, 0) is 11.2 Å². The summed E-state index contributed by atoms with van der Waals surface area (Å²) in [5, 5.41) is 3.75. The van der Waals surface area contributed by atoms with E-state index in [-0.39, 0.29) is 5.91 Å². The largest absolute Gasteiger partial charge is 0.341 e. The van der Waals surface area contributed by atoms with Crippen molar-refractivity contribution in [2.45, 2.75) is 25.7 Å². The van der Waals surface area contributed by atoms with Gasteiger partial charge in [0.05, 0.1) is 12.6 Å². The summed E-state index contributed by atoms with van der Waals surface area (Å²) in [6, 6.07) is 5.87. The number of piperidine rings is 1. The molecule has 25 heavy (non-hydrogen) atoms. The van der Waals surface area contributed by atoms with Crippen molar-refractivity contribution in [3.63, 3.8) is 0 Å². The number of hydrogen-bond acceptors (Lipinski definition) is 5. The Morgan fingerprint density at radius 3 is 2.80 bits per heavy atom. The van der Waals surface area contributed by atoms with Gasteiger partial charge in [-0.1, -0.05) is 11.6 Å². The lowest BCUT2D eigenvalue weighted by molar-refractivity contribution is -0.117. The highest BCUT2D eigenvalue weighted by molar-refractivity contribution is 6.32. The summed E-state index contributed by atoms with van der Waals surface area (Å²) in [5.41, 5.74) is 2.84. The molecule has 1 fully saturated rings. The molecule has 1 aromatic carbocycles. The van der Waals surface area contributed by atoms with Crippen molar-refractivity contribution in [3.05, 3.63) is 35.0 Å². The zero-order valence-electron chi connectivity index (χ0n) is 14.1. The average Bonchev–Trinajstić information content (AvgIpc) is 2.91. The fraction of sp³-hybridized carbons (Fsp3) is 0.389. The van der Waals surface area contributed by atoms with Crippen molar-refractivity contribution in [3.8, 4) is 0 Å². The van der Waals surface area contributed by atoms with Crippen molar-refractivity contribution < 1.29 is 4.79 Å². The first kappa shape index (κ1) is 16.1. The topological polar surface area (TPSA) is 61.4 Å². The number of likely N-dealkylation sites (N-methyl/N-ethyl adjacent to an activating group) is 1. The lowest BCUT2D eigenvalue weighted by atomic mass is 10.1. The minimum atomic E-state index is 0.111. The number of carbonyl (C=O) groups excluding carboxylic acids is 1. The molecular weight excluding hydrogens is 338 g/mol. The van der Waals surface area contributed by atoms with E-state index in [9.17, 15) is 4.79 Å². The summed E-state index contributed by atoms with van der Waals surface area (Å²) < 4.78 is 0. The molecule has 3 heterocycles. The number of amides is 1. The number of nitrogens with one attached hydrogen (secondary N) is 1. The van der Waals surface area contributed by atoms with Gasteiger partial charge in [-0.2, -0.15) is 4.98 Å². The number of carbonyl (C=O) groups is 1. The third kappa shape index (κ3) is 3.14. The Morgan fingerprint density at radius 2 is 2.00 bits per heavy atom. The molecule has 0 atom stereocenters. The Labute approximate surface area is 151 Å². The number of rotatable bonds is 3. The molecule has 4 rings (SSSR count). The highest BCUT2D eigenvalue weighted by Gasteiger charge is 2.24. The Hall–Kier alpha value is -2.34. The van der Waals surface area contributed by atoms with Gasteiger partial charge in [0, 0.05) is 31.5 Å². The first-order chi connectivity index (χ1) is 12.1. The van der Waals surface area contributed by atoms with Gasteiger partial charge in [0.15, 0.2) is 5.82 Å². The van der Waals surface area contributed by atoms with Crippen LogP contribution in [0.25, 0.3) is 0 Å². The standard InChI is InChI=1S/C18H20ClN5O/c1-23-15-6-5-13(9-12(15)10-16(23)25)21-17-14(19)11-20-18(22-17)24-7-3-2-4-8-24/h5-6,9,11H,2-4,7-8,10H2,1H3,(H,20,21,22). The number of fused-ring (bicyclic) bond motifs is 1. The van der Waals surface area contributed by atoms with Crippen molar-refractivity contribution >= 4 is 40.6 Å². The van der Waals surface area contributed by atoms with E-state index in [1.807, 2.05) is 18.2 Å². The molecule has 2 aromatic rings. The third-order valence-electron chi connectivity index (χ3n) is 4.79. The number of hydrogen-bond donors (Lipinski definition) is 1. The molecule has 0 aliphatic carbocycles. The molecule has 0 spiro atoms. The SMILES string of the molecule is CN1C(=O)Cc2cc(Nc3nc(N4CCCCC4)ncc3Cl)ccc21. The molecule has 0 radical (unpaired) electrons. The highest BCUT2D eigenvalue weighted by Crippen LogP contribution is 2.32. The lowest BCUT2D eigenvalue weighted by Gasteiger charge is -2.26. The van der Waals surface area contributed by atoms with Gasteiger partial charge in [0.25, 0.3) is 0 Å². The van der Waals surface area contributed by atoms with Crippen LogP contribution >= 0.6 is 11.6 Å². The van der Waals surface area contributed by atoms with Crippen LogP contribution in [0.3, 0.4) is 0 Å². The average molecular weight is 358 g/mol. The van der Waals surface area contributed by atoms with E-state index < -0.39 is 0 Å². The van der Waals surface area contributed by atoms with Gasteiger partial charge in [-0.15, -0.1) is 0 Å². The number of aromatic nitrogens is 2. The van der Waals surface area contributed by atoms with E-state index >= 15 is 0 Å². The van der Waals surface area contributed by atoms with E-state index in [0.29, 0.717) is 23.2 Å². The zero-order chi connectivity index (χ0) is 17.4. The fourth-order valence-electron chi connectivity index (χ4n) is 3.38. The minimum Gasteiger partial charge on any atom is -0.341 e. The van der Waals surface area contributed by atoms with Crippen molar-refractivity contribution in [1.82, 2.24) is 9.97 Å². The molecule has 0 bridgehead atoms. The molecule has 2 aliphatic heterocycles. The predicted octanol–water partition coefficient (Wildman–Crippen LogP) is 3.38. The predicted molar refractivity (Wildman–Crippen MR) is 99.9 cm³/mol.